The molecule has 1 unspecified atom stereocenters. The van der Waals surface area contributed by atoms with Gasteiger partial charge in [0.1, 0.15) is 0 Å². The highest BCUT2D eigenvalue weighted by Crippen LogP contribution is 2.17. The molecule has 0 saturated carbocycles. The van der Waals surface area contributed by atoms with Gasteiger partial charge in [-0.15, -0.1) is 0 Å². The van der Waals surface area contributed by atoms with Gasteiger partial charge < -0.3 is 10.2 Å². The summed E-state index contributed by atoms with van der Waals surface area (Å²) in [6, 6.07) is 0.626. The molecule has 0 radical (unpaired) electrons. The summed E-state index contributed by atoms with van der Waals surface area (Å²) in [5.41, 5.74) is 0. The van der Waals surface area contributed by atoms with Gasteiger partial charge >= 0.3 is 0 Å². The van der Waals surface area contributed by atoms with Crippen molar-refractivity contribution >= 4 is 18.5 Å². The van der Waals surface area contributed by atoms with Crippen LogP contribution >= 0.6 is 12.6 Å². The van der Waals surface area contributed by atoms with Crippen molar-refractivity contribution in [2.75, 3.05) is 25.4 Å². The van der Waals surface area contributed by atoms with E-state index in [1.807, 2.05) is 0 Å². The minimum atomic E-state index is 0.0383. The maximum Gasteiger partial charge on any atom is 0.229 e. The maximum atomic E-state index is 11.0. The van der Waals surface area contributed by atoms with Crippen LogP contribution in [0.3, 0.4) is 0 Å². The summed E-state index contributed by atoms with van der Waals surface area (Å²) < 4.78 is 0. The van der Waals surface area contributed by atoms with Gasteiger partial charge in [0.25, 0.3) is 0 Å². The molecule has 4 heteroatoms. The van der Waals surface area contributed by atoms with E-state index in [1.54, 1.807) is 0 Å². The Labute approximate surface area is 91.6 Å². The first-order valence-electron chi connectivity index (χ1n) is 5.25. The van der Waals surface area contributed by atoms with Crippen molar-refractivity contribution in [1.82, 2.24) is 10.2 Å². The zero-order chi connectivity index (χ0) is 10.6. The lowest BCUT2D eigenvalue weighted by Gasteiger charge is -2.20. The normalized spacial score (nSPS) is 23.0. The zero-order valence-corrected chi connectivity index (χ0v) is 9.89. The molecule has 3 nitrogen and oxygen atoms in total. The van der Waals surface area contributed by atoms with E-state index in [0.717, 1.165) is 13.1 Å². The maximum absolute atomic E-state index is 11.0. The molecule has 1 heterocycles. The van der Waals surface area contributed by atoms with E-state index in [9.17, 15) is 4.79 Å². The minimum absolute atomic E-state index is 0.0383. The Morgan fingerprint density at radius 1 is 1.64 bits per heavy atom. The molecule has 82 valence electrons. The van der Waals surface area contributed by atoms with Gasteiger partial charge in [-0.1, -0.05) is 0 Å². The molecule has 1 aliphatic rings. The fraction of sp³-hybridized carbons (Fsp3) is 0.900. The average Bonchev–Trinajstić information content (AvgIpc) is 2.62. The van der Waals surface area contributed by atoms with E-state index < -0.39 is 0 Å². The van der Waals surface area contributed by atoms with E-state index in [2.05, 4.69) is 36.7 Å². The summed E-state index contributed by atoms with van der Waals surface area (Å²) in [6.45, 7) is 7.52. The third-order valence-corrected chi connectivity index (χ3v) is 3.07. The molecule has 1 rings (SSSR count). The fourth-order valence-corrected chi connectivity index (χ4v) is 1.92. The average molecular weight is 216 g/mol. The Kier molecular flexibility index (Phi) is 4.75. The van der Waals surface area contributed by atoms with Crippen LogP contribution in [0, 0.1) is 5.92 Å². The van der Waals surface area contributed by atoms with Crippen molar-refractivity contribution in [3.05, 3.63) is 0 Å². The quantitative estimate of drug-likeness (QED) is 0.680. The molecule has 1 saturated heterocycles. The number of hydrogen-bond donors (Lipinski definition) is 2. The molecule has 0 aromatic carbocycles. The standard InChI is InChI=1S/C10H20N2OS/c1-8(2)12-4-3-9(6-12)5-11-10(13)7-14/h8-9,14H,3-7H2,1-2H3,(H,11,13). The lowest BCUT2D eigenvalue weighted by molar-refractivity contribution is -0.118. The predicted octanol–water partition coefficient (Wildman–Crippen LogP) is 0.763. The molecule has 1 aliphatic heterocycles. The van der Waals surface area contributed by atoms with Gasteiger partial charge in [0.2, 0.25) is 5.91 Å². The summed E-state index contributed by atoms with van der Waals surface area (Å²) in [7, 11) is 0. The summed E-state index contributed by atoms with van der Waals surface area (Å²) in [4.78, 5) is 13.4. The minimum Gasteiger partial charge on any atom is -0.355 e. The molecule has 0 bridgehead atoms. The third kappa shape index (κ3) is 3.50. The van der Waals surface area contributed by atoms with Crippen LogP contribution in [-0.2, 0) is 4.79 Å². The Morgan fingerprint density at radius 3 is 2.86 bits per heavy atom. The number of nitrogens with one attached hydrogen (secondary N) is 1. The number of nitrogens with zero attached hydrogens (tertiary/aromatic N) is 1. The summed E-state index contributed by atoms with van der Waals surface area (Å²) in [5.74, 6) is 0.957. The van der Waals surface area contributed by atoms with Crippen LogP contribution in [0.2, 0.25) is 0 Å². The Morgan fingerprint density at radius 2 is 2.36 bits per heavy atom. The van der Waals surface area contributed by atoms with Gasteiger partial charge in [0, 0.05) is 19.1 Å². The molecule has 0 aromatic rings. The Balaban J connectivity index is 2.19. The van der Waals surface area contributed by atoms with E-state index in [-0.39, 0.29) is 5.91 Å². The first-order valence-corrected chi connectivity index (χ1v) is 5.88. The zero-order valence-electron chi connectivity index (χ0n) is 8.99. The molecule has 0 aromatic heterocycles. The van der Waals surface area contributed by atoms with E-state index >= 15 is 0 Å². The molecule has 1 N–H and O–H groups in total. The van der Waals surface area contributed by atoms with Crippen molar-refractivity contribution in [2.45, 2.75) is 26.3 Å². The number of hydrogen-bond acceptors (Lipinski definition) is 3. The van der Waals surface area contributed by atoms with Gasteiger partial charge in [-0.2, -0.15) is 12.6 Å². The van der Waals surface area contributed by atoms with Crippen molar-refractivity contribution < 1.29 is 4.79 Å². The first-order chi connectivity index (χ1) is 6.63. The summed E-state index contributed by atoms with van der Waals surface area (Å²) in [6.07, 6.45) is 1.20. The SMILES string of the molecule is CC(C)N1CCC(CNC(=O)CS)C1. The van der Waals surface area contributed by atoms with Crippen molar-refractivity contribution in [1.29, 1.82) is 0 Å². The molecule has 1 amide bonds. The smallest absolute Gasteiger partial charge is 0.229 e. The molecular formula is C10H20N2OS. The Bertz CT molecular complexity index is 197. The van der Waals surface area contributed by atoms with Crippen molar-refractivity contribution in [3.63, 3.8) is 0 Å². The topological polar surface area (TPSA) is 32.3 Å². The molecule has 0 spiro atoms. The van der Waals surface area contributed by atoms with Crippen LogP contribution in [0.4, 0.5) is 0 Å². The molecule has 14 heavy (non-hydrogen) atoms. The van der Waals surface area contributed by atoms with Gasteiger partial charge in [-0.25, -0.2) is 0 Å². The summed E-state index contributed by atoms with van der Waals surface area (Å²) >= 11 is 3.92. The number of amides is 1. The number of carbonyl (C=O) groups excluding carboxylic acids is 1. The van der Waals surface area contributed by atoms with Gasteiger partial charge in [0.15, 0.2) is 0 Å². The second kappa shape index (κ2) is 5.61. The molecule has 1 fully saturated rings. The van der Waals surface area contributed by atoms with Crippen molar-refractivity contribution in [3.8, 4) is 0 Å². The first kappa shape index (κ1) is 11.9. The van der Waals surface area contributed by atoms with E-state index in [1.165, 1.54) is 13.0 Å². The summed E-state index contributed by atoms with van der Waals surface area (Å²) in [5, 5.41) is 2.89. The van der Waals surface area contributed by atoms with Crippen LogP contribution in [-0.4, -0.2) is 42.2 Å². The van der Waals surface area contributed by atoms with Crippen LogP contribution in [0.15, 0.2) is 0 Å². The highest BCUT2D eigenvalue weighted by molar-refractivity contribution is 7.81. The highest BCUT2D eigenvalue weighted by Gasteiger charge is 2.23. The fourth-order valence-electron chi connectivity index (χ4n) is 1.81. The monoisotopic (exact) mass is 216 g/mol. The lowest BCUT2D eigenvalue weighted by atomic mass is 10.1. The largest absolute Gasteiger partial charge is 0.355 e. The molecular weight excluding hydrogens is 196 g/mol. The van der Waals surface area contributed by atoms with Crippen LogP contribution < -0.4 is 5.32 Å². The van der Waals surface area contributed by atoms with Gasteiger partial charge in [-0.3, -0.25) is 4.79 Å². The van der Waals surface area contributed by atoms with E-state index in [4.69, 9.17) is 0 Å². The van der Waals surface area contributed by atoms with E-state index in [0.29, 0.717) is 17.7 Å². The third-order valence-electron chi connectivity index (χ3n) is 2.78. The van der Waals surface area contributed by atoms with Crippen LogP contribution in [0.1, 0.15) is 20.3 Å². The Hall–Kier alpha value is -0.220. The lowest BCUT2D eigenvalue weighted by Crippen LogP contribution is -2.33. The number of rotatable bonds is 4. The van der Waals surface area contributed by atoms with Gasteiger partial charge in [0.05, 0.1) is 5.75 Å². The second-order valence-electron chi connectivity index (χ2n) is 4.21. The highest BCUT2D eigenvalue weighted by atomic mass is 32.1. The van der Waals surface area contributed by atoms with Gasteiger partial charge in [-0.05, 0) is 32.7 Å². The van der Waals surface area contributed by atoms with Crippen molar-refractivity contribution in [2.24, 2.45) is 5.92 Å². The van der Waals surface area contributed by atoms with Crippen LogP contribution in [0.5, 0.6) is 0 Å². The predicted molar refractivity (Wildman–Crippen MR) is 61.7 cm³/mol. The second-order valence-corrected chi connectivity index (χ2v) is 4.52. The number of carbonyl (C=O) groups is 1. The van der Waals surface area contributed by atoms with Crippen LogP contribution in [0.25, 0.3) is 0 Å². The number of likely N-dealkylation sites (tertiary alicyclic amines) is 1. The molecule has 1 atom stereocenters. The number of thiol groups is 1. The molecule has 0 aliphatic carbocycles.